The Labute approximate surface area is 127 Å². The maximum atomic E-state index is 9.20. The van der Waals surface area contributed by atoms with E-state index in [1.165, 1.54) is 11.8 Å². The molecule has 2 heterocycles. The number of nitrogen functional groups attached to an aromatic ring is 1. The highest BCUT2D eigenvalue weighted by Crippen LogP contribution is 2.19. The topological polar surface area (TPSA) is 98.6 Å². The van der Waals surface area contributed by atoms with Gasteiger partial charge in [0.25, 0.3) is 0 Å². The number of aromatic nitrogens is 4. The van der Waals surface area contributed by atoms with Gasteiger partial charge in [0, 0.05) is 7.11 Å². The number of methoxy groups -OCH3 is 1. The van der Waals surface area contributed by atoms with Gasteiger partial charge in [0.2, 0.25) is 5.16 Å². The zero-order chi connectivity index (χ0) is 15.4. The smallest absolute Gasteiger partial charge is 0.209 e. The molecule has 0 fully saturated rings. The number of rotatable bonds is 7. The number of hydrogen-bond acceptors (Lipinski definition) is 7. The first-order chi connectivity index (χ1) is 10.1. The van der Waals surface area contributed by atoms with Crippen molar-refractivity contribution in [1.82, 2.24) is 19.6 Å². The lowest BCUT2D eigenvalue weighted by Gasteiger charge is -2.17. The summed E-state index contributed by atoms with van der Waals surface area (Å²) < 4.78 is 6.97. The van der Waals surface area contributed by atoms with Gasteiger partial charge in [-0.15, -0.1) is 5.10 Å². The highest BCUT2D eigenvalue weighted by molar-refractivity contribution is 7.98. The normalized spacial score (nSPS) is 14.5. The fourth-order valence-corrected chi connectivity index (χ4v) is 2.64. The minimum atomic E-state index is -0.138. The molecule has 0 saturated heterocycles. The third-order valence-corrected chi connectivity index (χ3v) is 3.92. The van der Waals surface area contributed by atoms with Crippen LogP contribution in [-0.4, -0.2) is 50.8 Å². The molecule has 0 saturated carbocycles. The molecule has 21 heavy (non-hydrogen) atoms. The summed E-state index contributed by atoms with van der Waals surface area (Å²) in [6.45, 7) is 2.14. The number of ether oxygens (including phenoxy) is 1. The van der Waals surface area contributed by atoms with Crippen molar-refractivity contribution >= 4 is 23.2 Å². The lowest BCUT2D eigenvalue weighted by Crippen LogP contribution is -2.20. The summed E-state index contributed by atoms with van der Waals surface area (Å²) in [7, 11) is 1.61. The van der Waals surface area contributed by atoms with Crippen LogP contribution in [0.1, 0.15) is 19.0 Å². The number of aliphatic hydroxyl groups excluding tert-OH is 1. The van der Waals surface area contributed by atoms with E-state index >= 15 is 0 Å². The summed E-state index contributed by atoms with van der Waals surface area (Å²) in [4.78, 5) is 8.47. The maximum absolute atomic E-state index is 9.20. The summed E-state index contributed by atoms with van der Waals surface area (Å²) in [6, 6.07) is 0. The number of imidazole rings is 1. The molecule has 0 aromatic carbocycles. The number of fused-ring (bicyclic) bond motifs is 1. The average molecular weight is 311 g/mol. The molecule has 7 nitrogen and oxygen atoms in total. The van der Waals surface area contributed by atoms with Crippen LogP contribution < -0.4 is 5.73 Å². The first-order valence-corrected chi connectivity index (χ1v) is 7.99. The van der Waals surface area contributed by atoms with Gasteiger partial charge < -0.3 is 15.6 Å². The van der Waals surface area contributed by atoms with Crippen molar-refractivity contribution in [2.24, 2.45) is 5.92 Å². The summed E-state index contributed by atoms with van der Waals surface area (Å²) >= 11 is 1.44. The Morgan fingerprint density at radius 2 is 2.29 bits per heavy atom. The summed E-state index contributed by atoms with van der Waals surface area (Å²) in [6.07, 6.45) is 5.11. The zero-order valence-electron chi connectivity index (χ0n) is 12.5. The number of nitrogens with two attached hydrogens (primary N) is 1. The van der Waals surface area contributed by atoms with E-state index in [-0.39, 0.29) is 12.7 Å². The molecule has 0 aliphatic heterocycles. The predicted octanol–water partition coefficient (Wildman–Crippen LogP) is 1.00. The van der Waals surface area contributed by atoms with Crippen molar-refractivity contribution in [2.45, 2.75) is 31.0 Å². The van der Waals surface area contributed by atoms with Gasteiger partial charge in [-0.1, -0.05) is 18.7 Å². The molecule has 0 radical (unpaired) electrons. The Kier molecular flexibility index (Phi) is 5.38. The lowest BCUT2D eigenvalue weighted by atomic mass is 9.99. The van der Waals surface area contributed by atoms with E-state index in [9.17, 15) is 5.11 Å². The van der Waals surface area contributed by atoms with E-state index in [0.29, 0.717) is 22.5 Å². The second-order valence-corrected chi connectivity index (χ2v) is 5.83. The molecule has 0 unspecified atom stereocenters. The van der Waals surface area contributed by atoms with Crippen molar-refractivity contribution in [3.63, 3.8) is 0 Å². The molecule has 2 aromatic heterocycles. The molecule has 2 atom stereocenters. The van der Waals surface area contributed by atoms with Gasteiger partial charge >= 0.3 is 0 Å². The standard InChI is InChI=1S/C13H21N5O2S/c1-8(5-10(7-19)20-2)4-9-6-15-12-11(14)16-13(21-3)17-18(9)12/h6,8,10,19H,4-5,7H2,1-3H3,(H2,14,16,17)/t8-,10+/m1/s1. The highest BCUT2D eigenvalue weighted by atomic mass is 32.2. The van der Waals surface area contributed by atoms with E-state index in [0.717, 1.165) is 18.5 Å². The van der Waals surface area contributed by atoms with Crippen LogP contribution in [0.3, 0.4) is 0 Å². The zero-order valence-corrected chi connectivity index (χ0v) is 13.3. The van der Waals surface area contributed by atoms with Gasteiger partial charge in [-0.3, -0.25) is 0 Å². The summed E-state index contributed by atoms with van der Waals surface area (Å²) in [5.74, 6) is 0.717. The third kappa shape index (κ3) is 3.63. The van der Waals surface area contributed by atoms with Gasteiger partial charge in [-0.25, -0.2) is 14.5 Å². The molecule has 116 valence electrons. The molecular formula is C13H21N5O2S. The molecule has 0 aliphatic rings. The highest BCUT2D eigenvalue weighted by Gasteiger charge is 2.16. The Morgan fingerprint density at radius 3 is 2.90 bits per heavy atom. The van der Waals surface area contributed by atoms with Crippen molar-refractivity contribution in [1.29, 1.82) is 0 Å². The first-order valence-electron chi connectivity index (χ1n) is 6.76. The molecule has 0 bridgehead atoms. The quantitative estimate of drug-likeness (QED) is 0.736. The Hall–Kier alpha value is -1.38. The van der Waals surface area contributed by atoms with E-state index in [1.54, 1.807) is 17.8 Å². The van der Waals surface area contributed by atoms with E-state index in [4.69, 9.17) is 10.5 Å². The average Bonchev–Trinajstić information content (AvgIpc) is 2.88. The minimum Gasteiger partial charge on any atom is -0.394 e. The van der Waals surface area contributed by atoms with Crippen LogP contribution in [-0.2, 0) is 11.2 Å². The molecule has 2 aromatic rings. The fraction of sp³-hybridized carbons (Fsp3) is 0.615. The largest absolute Gasteiger partial charge is 0.394 e. The molecule has 0 amide bonds. The summed E-state index contributed by atoms with van der Waals surface area (Å²) in [5.41, 5.74) is 7.46. The number of nitrogens with zero attached hydrogens (tertiary/aromatic N) is 4. The van der Waals surface area contributed by atoms with E-state index < -0.39 is 0 Å². The number of hydrogen-bond donors (Lipinski definition) is 2. The first kappa shape index (κ1) is 16.0. The van der Waals surface area contributed by atoms with Crippen molar-refractivity contribution in [3.8, 4) is 0 Å². The van der Waals surface area contributed by atoms with Crippen molar-refractivity contribution in [2.75, 3.05) is 25.7 Å². The van der Waals surface area contributed by atoms with Crippen LogP contribution in [0.25, 0.3) is 5.65 Å². The van der Waals surface area contributed by atoms with Gasteiger partial charge in [0.05, 0.1) is 24.6 Å². The molecule has 0 spiro atoms. The van der Waals surface area contributed by atoms with Gasteiger partial charge in [0.15, 0.2) is 11.5 Å². The van der Waals surface area contributed by atoms with E-state index in [2.05, 4.69) is 22.0 Å². The van der Waals surface area contributed by atoms with E-state index in [1.807, 2.05) is 6.26 Å². The van der Waals surface area contributed by atoms with Crippen LogP contribution >= 0.6 is 11.8 Å². The predicted molar refractivity (Wildman–Crippen MR) is 82.3 cm³/mol. The molecule has 3 N–H and O–H groups in total. The fourth-order valence-electron chi connectivity index (χ4n) is 2.29. The van der Waals surface area contributed by atoms with Crippen LogP contribution in [0.4, 0.5) is 5.82 Å². The van der Waals surface area contributed by atoms with Crippen LogP contribution in [0, 0.1) is 5.92 Å². The second kappa shape index (κ2) is 7.06. The van der Waals surface area contributed by atoms with Crippen LogP contribution in [0.15, 0.2) is 11.4 Å². The van der Waals surface area contributed by atoms with Gasteiger partial charge in [-0.2, -0.15) is 0 Å². The number of anilines is 1. The van der Waals surface area contributed by atoms with Gasteiger partial charge in [0.1, 0.15) is 0 Å². The van der Waals surface area contributed by atoms with Crippen molar-refractivity contribution < 1.29 is 9.84 Å². The number of aliphatic hydroxyl groups is 1. The lowest BCUT2D eigenvalue weighted by molar-refractivity contribution is 0.0333. The summed E-state index contributed by atoms with van der Waals surface area (Å²) in [5, 5.41) is 14.2. The van der Waals surface area contributed by atoms with Crippen molar-refractivity contribution in [3.05, 3.63) is 11.9 Å². The Balaban J connectivity index is 2.20. The van der Waals surface area contributed by atoms with Crippen LogP contribution in [0.2, 0.25) is 0 Å². The van der Waals surface area contributed by atoms with Gasteiger partial charge in [-0.05, 0) is 25.0 Å². The molecule has 8 heteroatoms. The second-order valence-electron chi connectivity index (χ2n) is 5.05. The molecular weight excluding hydrogens is 290 g/mol. The SMILES string of the molecule is CO[C@H](CO)C[C@H](C)Cc1cnc2c(N)nc(SC)nn12. The molecule has 2 rings (SSSR count). The Bertz CT molecular complexity index is 600. The molecule has 0 aliphatic carbocycles. The van der Waals surface area contributed by atoms with Crippen LogP contribution in [0.5, 0.6) is 0 Å². The number of thioether (sulfide) groups is 1. The maximum Gasteiger partial charge on any atom is 0.209 e. The third-order valence-electron chi connectivity index (χ3n) is 3.38. The monoisotopic (exact) mass is 311 g/mol. The minimum absolute atomic E-state index is 0.0275. The Morgan fingerprint density at radius 1 is 1.52 bits per heavy atom.